The van der Waals surface area contributed by atoms with Gasteiger partial charge in [-0.2, -0.15) is 17.5 Å². The summed E-state index contributed by atoms with van der Waals surface area (Å²) in [4.78, 5) is 4.45. The van der Waals surface area contributed by atoms with E-state index in [9.17, 15) is 21.6 Å². The SMILES string of the molecule is CCNC(=NCc1cccc(Cl)c1)NC1CCN(S(=O)(=O)C(F)(F)F)CC1.I. The van der Waals surface area contributed by atoms with Gasteiger partial charge in [-0.3, -0.25) is 0 Å². The Kier molecular flexibility index (Phi) is 9.77. The third-order valence-corrected chi connectivity index (χ3v) is 5.95. The summed E-state index contributed by atoms with van der Waals surface area (Å²) in [6, 6.07) is 7.11. The van der Waals surface area contributed by atoms with Gasteiger partial charge in [-0.15, -0.1) is 24.0 Å². The largest absolute Gasteiger partial charge is 0.511 e. The average Bonchev–Trinajstić information content (AvgIpc) is 2.59. The zero-order valence-corrected chi connectivity index (χ0v) is 19.1. The Balaban J connectivity index is 0.00000392. The molecular formula is C16H23ClF3IN4O2S. The maximum atomic E-state index is 12.6. The molecule has 0 radical (unpaired) electrons. The Labute approximate surface area is 185 Å². The smallest absolute Gasteiger partial charge is 0.357 e. The standard InChI is InChI=1S/C16H22ClF3N4O2S.HI/c1-2-21-15(22-11-12-4-3-5-13(17)10-12)23-14-6-8-24(9-7-14)27(25,26)16(18,19)20;/h3-5,10,14H,2,6-9,11H2,1H3,(H2,21,22,23);1H. The molecule has 1 aromatic carbocycles. The van der Waals surface area contributed by atoms with Crippen LogP contribution in [0.3, 0.4) is 0 Å². The van der Waals surface area contributed by atoms with Crippen molar-refractivity contribution in [3.05, 3.63) is 34.9 Å². The van der Waals surface area contributed by atoms with Crippen LogP contribution in [0, 0.1) is 0 Å². The van der Waals surface area contributed by atoms with E-state index in [0.717, 1.165) is 5.56 Å². The second-order valence-electron chi connectivity index (χ2n) is 6.09. The van der Waals surface area contributed by atoms with Crippen molar-refractivity contribution in [2.75, 3.05) is 19.6 Å². The summed E-state index contributed by atoms with van der Waals surface area (Å²) < 4.78 is 61.3. The number of hydrogen-bond donors (Lipinski definition) is 2. The summed E-state index contributed by atoms with van der Waals surface area (Å²) in [5.41, 5.74) is -4.34. The van der Waals surface area contributed by atoms with E-state index in [2.05, 4.69) is 15.6 Å². The molecule has 0 atom stereocenters. The van der Waals surface area contributed by atoms with Gasteiger partial charge < -0.3 is 10.6 Å². The molecule has 0 unspecified atom stereocenters. The molecule has 0 spiro atoms. The number of aliphatic imine (C=N–C) groups is 1. The summed E-state index contributed by atoms with van der Waals surface area (Å²) in [5.74, 6) is 0.523. The lowest BCUT2D eigenvalue weighted by molar-refractivity contribution is -0.0494. The minimum atomic E-state index is -5.26. The maximum absolute atomic E-state index is 12.6. The van der Waals surface area contributed by atoms with E-state index in [1.165, 1.54) is 0 Å². The van der Waals surface area contributed by atoms with Crippen molar-refractivity contribution in [1.29, 1.82) is 0 Å². The quantitative estimate of drug-likeness (QED) is 0.333. The summed E-state index contributed by atoms with van der Waals surface area (Å²) in [6.07, 6.45) is 0.522. The molecule has 0 saturated carbocycles. The predicted molar refractivity (Wildman–Crippen MR) is 114 cm³/mol. The Morgan fingerprint density at radius 1 is 1.32 bits per heavy atom. The highest BCUT2D eigenvalue weighted by Crippen LogP contribution is 2.28. The summed E-state index contributed by atoms with van der Waals surface area (Å²) in [7, 11) is -5.26. The van der Waals surface area contributed by atoms with Gasteiger partial charge in [-0.25, -0.2) is 13.4 Å². The van der Waals surface area contributed by atoms with Crippen LogP contribution in [0.1, 0.15) is 25.3 Å². The number of nitrogens with one attached hydrogen (secondary N) is 2. The van der Waals surface area contributed by atoms with Crippen molar-refractivity contribution in [2.45, 2.75) is 37.9 Å². The molecule has 1 fully saturated rings. The van der Waals surface area contributed by atoms with E-state index in [-0.39, 0.29) is 55.9 Å². The van der Waals surface area contributed by atoms with Crippen molar-refractivity contribution >= 4 is 51.6 Å². The second kappa shape index (κ2) is 10.8. The van der Waals surface area contributed by atoms with Crippen molar-refractivity contribution in [1.82, 2.24) is 14.9 Å². The lowest BCUT2D eigenvalue weighted by Crippen LogP contribution is -2.51. The van der Waals surface area contributed by atoms with Crippen LogP contribution < -0.4 is 10.6 Å². The van der Waals surface area contributed by atoms with E-state index >= 15 is 0 Å². The van der Waals surface area contributed by atoms with Gasteiger partial charge in [-0.1, -0.05) is 23.7 Å². The van der Waals surface area contributed by atoms with E-state index < -0.39 is 15.5 Å². The molecule has 6 nitrogen and oxygen atoms in total. The number of rotatable bonds is 5. The highest BCUT2D eigenvalue weighted by atomic mass is 127. The molecule has 1 aromatic rings. The number of piperidine rings is 1. The van der Waals surface area contributed by atoms with Gasteiger partial charge >= 0.3 is 15.5 Å². The fourth-order valence-corrected chi connectivity index (χ4v) is 3.90. The van der Waals surface area contributed by atoms with Gasteiger partial charge in [-0.05, 0) is 37.5 Å². The number of alkyl halides is 3. The molecule has 0 amide bonds. The van der Waals surface area contributed by atoms with E-state index in [1.54, 1.807) is 12.1 Å². The maximum Gasteiger partial charge on any atom is 0.511 e. The van der Waals surface area contributed by atoms with Gasteiger partial charge in [0.25, 0.3) is 0 Å². The van der Waals surface area contributed by atoms with Gasteiger partial charge in [0, 0.05) is 30.7 Å². The Hall–Kier alpha value is -0.790. The van der Waals surface area contributed by atoms with E-state index in [1.807, 2.05) is 19.1 Å². The van der Waals surface area contributed by atoms with Gasteiger partial charge in [0.15, 0.2) is 5.96 Å². The molecule has 28 heavy (non-hydrogen) atoms. The number of benzene rings is 1. The van der Waals surface area contributed by atoms with Gasteiger partial charge in [0.2, 0.25) is 0 Å². The highest BCUT2D eigenvalue weighted by molar-refractivity contribution is 14.0. The fraction of sp³-hybridized carbons (Fsp3) is 0.562. The third kappa shape index (κ3) is 6.92. The van der Waals surface area contributed by atoms with Crippen molar-refractivity contribution in [2.24, 2.45) is 4.99 Å². The highest BCUT2D eigenvalue weighted by Gasteiger charge is 2.50. The second-order valence-corrected chi connectivity index (χ2v) is 8.46. The molecule has 160 valence electrons. The van der Waals surface area contributed by atoms with E-state index in [0.29, 0.717) is 28.4 Å². The van der Waals surface area contributed by atoms with Crippen molar-refractivity contribution in [3.8, 4) is 0 Å². The molecular weight excluding hydrogens is 532 g/mol. The molecule has 12 heteroatoms. The molecule has 2 N–H and O–H groups in total. The molecule has 0 aliphatic carbocycles. The zero-order chi connectivity index (χ0) is 20.1. The summed E-state index contributed by atoms with van der Waals surface area (Å²) in [5, 5.41) is 6.84. The molecule has 1 heterocycles. The zero-order valence-electron chi connectivity index (χ0n) is 15.2. The summed E-state index contributed by atoms with van der Waals surface area (Å²) in [6.45, 7) is 2.52. The van der Waals surface area contributed by atoms with Crippen LogP contribution in [0.4, 0.5) is 13.2 Å². The lowest BCUT2D eigenvalue weighted by atomic mass is 10.1. The lowest BCUT2D eigenvalue weighted by Gasteiger charge is -2.32. The number of guanidine groups is 1. The van der Waals surface area contributed by atoms with Crippen LogP contribution in [0.15, 0.2) is 29.3 Å². The summed E-state index contributed by atoms with van der Waals surface area (Å²) >= 11 is 5.95. The number of halogens is 5. The number of nitrogens with zero attached hydrogens (tertiary/aromatic N) is 2. The first-order valence-electron chi connectivity index (χ1n) is 8.49. The Morgan fingerprint density at radius 3 is 2.50 bits per heavy atom. The van der Waals surface area contributed by atoms with Crippen LogP contribution in [-0.2, 0) is 16.6 Å². The van der Waals surface area contributed by atoms with E-state index in [4.69, 9.17) is 11.6 Å². The molecule has 0 bridgehead atoms. The van der Waals surface area contributed by atoms with Crippen LogP contribution >= 0.6 is 35.6 Å². The van der Waals surface area contributed by atoms with Crippen LogP contribution in [-0.4, -0.2) is 49.9 Å². The fourth-order valence-electron chi connectivity index (χ4n) is 2.71. The predicted octanol–water partition coefficient (Wildman–Crippen LogP) is 3.33. The topological polar surface area (TPSA) is 73.8 Å². The van der Waals surface area contributed by atoms with Gasteiger partial charge in [0.1, 0.15) is 0 Å². The Morgan fingerprint density at radius 2 is 1.96 bits per heavy atom. The van der Waals surface area contributed by atoms with Crippen molar-refractivity contribution in [3.63, 3.8) is 0 Å². The number of sulfonamides is 1. The monoisotopic (exact) mass is 554 g/mol. The first-order chi connectivity index (χ1) is 12.6. The minimum absolute atomic E-state index is 0. The molecule has 1 aliphatic rings. The molecule has 2 rings (SSSR count). The van der Waals surface area contributed by atoms with Crippen LogP contribution in [0.25, 0.3) is 0 Å². The minimum Gasteiger partial charge on any atom is -0.357 e. The van der Waals surface area contributed by atoms with Crippen LogP contribution in [0.5, 0.6) is 0 Å². The Bertz CT molecular complexity index is 769. The normalized spacial score (nSPS) is 17.1. The number of hydrogen-bond acceptors (Lipinski definition) is 3. The average molecular weight is 555 g/mol. The third-order valence-electron chi connectivity index (χ3n) is 4.08. The first kappa shape index (κ1) is 25.2. The first-order valence-corrected chi connectivity index (χ1v) is 10.3. The van der Waals surface area contributed by atoms with Gasteiger partial charge in [0.05, 0.1) is 6.54 Å². The van der Waals surface area contributed by atoms with Crippen LogP contribution in [0.2, 0.25) is 5.02 Å². The van der Waals surface area contributed by atoms with Crippen molar-refractivity contribution < 1.29 is 21.6 Å². The molecule has 1 aliphatic heterocycles. The molecule has 0 aromatic heterocycles. The molecule has 1 saturated heterocycles.